The van der Waals surface area contributed by atoms with Crippen LogP contribution in [-0.2, 0) is 16.8 Å². The van der Waals surface area contributed by atoms with Gasteiger partial charge in [-0.1, -0.05) is 62.4 Å². The highest BCUT2D eigenvalue weighted by molar-refractivity contribution is 6.14. The molecule has 3 aromatic rings. The number of rotatable bonds is 4. The lowest BCUT2D eigenvalue weighted by molar-refractivity contribution is -0.121. The van der Waals surface area contributed by atoms with Gasteiger partial charge in [-0.25, -0.2) is 0 Å². The van der Waals surface area contributed by atoms with Gasteiger partial charge in [0.05, 0.1) is 12.1 Å². The predicted octanol–water partition coefficient (Wildman–Crippen LogP) is 3.58. The van der Waals surface area contributed by atoms with E-state index < -0.39 is 5.41 Å². The van der Waals surface area contributed by atoms with E-state index in [0.29, 0.717) is 30.0 Å². The molecular weight excluding hydrogens is 440 g/mol. The number of carbonyl (C=O) groups is 1. The summed E-state index contributed by atoms with van der Waals surface area (Å²) < 4.78 is 7.44. The summed E-state index contributed by atoms with van der Waals surface area (Å²) in [6, 6.07) is 20.8. The van der Waals surface area contributed by atoms with Gasteiger partial charge in [-0.2, -0.15) is 5.26 Å². The molecule has 0 radical (unpaired) electrons. The number of pyridine rings is 1. The van der Waals surface area contributed by atoms with E-state index in [1.807, 2.05) is 69.3 Å². The Kier molecular flexibility index (Phi) is 5.25. The molecule has 0 bridgehead atoms. The number of nitrogens with two attached hydrogens (primary N) is 1. The number of carbonyl (C=O) groups excluding carboxylic acids is 1. The van der Waals surface area contributed by atoms with Crippen molar-refractivity contribution in [3.8, 4) is 11.8 Å². The Labute approximate surface area is 203 Å². The highest BCUT2D eigenvalue weighted by Gasteiger charge is 2.60. The number of hydrogen-bond acceptors (Lipinski definition) is 5. The summed E-state index contributed by atoms with van der Waals surface area (Å²) in [5.74, 6) is -0.137. The molecule has 2 aromatic carbocycles. The lowest BCUT2D eigenvalue weighted by Crippen LogP contribution is -2.50. The van der Waals surface area contributed by atoms with E-state index in [-0.39, 0.29) is 40.2 Å². The van der Waals surface area contributed by atoms with Crippen molar-refractivity contribution in [2.45, 2.75) is 32.7 Å². The molecule has 176 valence electrons. The van der Waals surface area contributed by atoms with Crippen LogP contribution in [0.5, 0.6) is 5.75 Å². The minimum Gasteiger partial charge on any atom is -0.440 e. The summed E-state index contributed by atoms with van der Waals surface area (Å²) in [5, 5.41) is 10.2. The first kappa shape index (κ1) is 22.5. The van der Waals surface area contributed by atoms with Crippen molar-refractivity contribution in [3.05, 3.63) is 105 Å². The standard InChI is InChI=1S/C28H26N4O3/c1-17(2)15-32-22-12-8-7-11-20(22)28(27(32)34)21(14-29)25(30)35-23-13-18(3)31(26(33)24(23)28)16-19-9-5-4-6-10-19/h4-13,17H,15-16,30H2,1-3H3. The monoisotopic (exact) mass is 466 g/mol. The average Bonchev–Trinajstić information content (AvgIpc) is 3.06. The van der Waals surface area contributed by atoms with Crippen molar-refractivity contribution in [2.24, 2.45) is 11.7 Å². The summed E-state index contributed by atoms with van der Waals surface area (Å²) >= 11 is 0. The Hall–Kier alpha value is -4.31. The maximum Gasteiger partial charge on any atom is 0.259 e. The quantitative estimate of drug-likeness (QED) is 0.633. The van der Waals surface area contributed by atoms with Crippen LogP contribution >= 0.6 is 0 Å². The molecule has 2 aliphatic rings. The van der Waals surface area contributed by atoms with Crippen LogP contribution in [0.1, 0.15) is 36.2 Å². The van der Waals surface area contributed by atoms with Gasteiger partial charge in [0.15, 0.2) is 5.41 Å². The normalized spacial score (nSPS) is 18.5. The van der Waals surface area contributed by atoms with Gasteiger partial charge in [0.2, 0.25) is 11.8 Å². The van der Waals surface area contributed by atoms with Crippen molar-refractivity contribution >= 4 is 11.6 Å². The van der Waals surface area contributed by atoms with E-state index in [1.54, 1.807) is 21.6 Å². The van der Waals surface area contributed by atoms with Gasteiger partial charge in [-0.15, -0.1) is 0 Å². The zero-order chi connectivity index (χ0) is 24.9. The first-order chi connectivity index (χ1) is 16.8. The molecule has 0 saturated carbocycles. The third-order valence-corrected chi connectivity index (χ3v) is 6.70. The second-order valence-corrected chi connectivity index (χ2v) is 9.43. The number of benzene rings is 2. The molecule has 7 nitrogen and oxygen atoms in total. The molecule has 1 atom stereocenters. The van der Waals surface area contributed by atoms with Crippen LogP contribution in [0.15, 0.2) is 76.9 Å². The van der Waals surface area contributed by atoms with Gasteiger partial charge in [-0.3, -0.25) is 9.59 Å². The van der Waals surface area contributed by atoms with Gasteiger partial charge < -0.3 is 19.9 Å². The molecule has 0 saturated heterocycles. The number of anilines is 1. The topological polar surface area (TPSA) is 101 Å². The third-order valence-electron chi connectivity index (χ3n) is 6.70. The van der Waals surface area contributed by atoms with Gasteiger partial charge in [0, 0.05) is 29.6 Å². The minimum absolute atomic E-state index is 0.0547. The Bertz CT molecular complexity index is 1480. The van der Waals surface area contributed by atoms with Gasteiger partial charge >= 0.3 is 0 Å². The fourth-order valence-electron chi connectivity index (χ4n) is 5.23. The summed E-state index contributed by atoms with van der Waals surface area (Å²) in [7, 11) is 0. The average molecular weight is 467 g/mol. The molecule has 0 aliphatic carbocycles. The number of amides is 1. The van der Waals surface area contributed by atoms with E-state index in [9.17, 15) is 14.9 Å². The van der Waals surface area contributed by atoms with E-state index in [2.05, 4.69) is 6.07 Å². The Morgan fingerprint density at radius 2 is 1.77 bits per heavy atom. The number of ether oxygens (including phenoxy) is 1. The van der Waals surface area contributed by atoms with E-state index in [4.69, 9.17) is 10.5 Å². The molecular formula is C28H26N4O3. The van der Waals surface area contributed by atoms with Gasteiger partial charge in [0.1, 0.15) is 17.4 Å². The SMILES string of the molecule is Cc1cc2c(c(=O)n1Cc1ccccc1)C1(C(=O)N(CC(C)C)c3ccccc31)C(C#N)=C(N)O2. The van der Waals surface area contributed by atoms with E-state index in [1.165, 1.54) is 0 Å². The molecule has 0 fully saturated rings. The number of aryl methyl sites for hydroxylation is 1. The highest BCUT2D eigenvalue weighted by Crippen LogP contribution is 2.54. The fourth-order valence-corrected chi connectivity index (χ4v) is 5.23. The summed E-state index contributed by atoms with van der Waals surface area (Å²) in [5.41, 5.74) is 7.13. The Morgan fingerprint density at radius 1 is 1.09 bits per heavy atom. The van der Waals surface area contributed by atoms with Crippen molar-refractivity contribution in [3.63, 3.8) is 0 Å². The van der Waals surface area contributed by atoms with Crippen molar-refractivity contribution in [2.75, 3.05) is 11.4 Å². The first-order valence-corrected chi connectivity index (χ1v) is 11.6. The molecule has 5 rings (SSSR count). The molecule has 1 spiro atoms. The first-order valence-electron chi connectivity index (χ1n) is 11.6. The number of hydrogen-bond donors (Lipinski definition) is 1. The largest absolute Gasteiger partial charge is 0.440 e. The van der Waals surface area contributed by atoms with Crippen LogP contribution in [0.3, 0.4) is 0 Å². The fraction of sp³-hybridized carbons (Fsp3) is 0.250. The van der Waals surface area contributed by atoms with Crippen LogP contribution in [0.25, 0.3) is 0 Å². The lowest BCUT2D eigenvalue weighted by atomic mass is 9.69. The van der Waals surface area contributed by atoms with Crippen LogP contribution in [-0.4, -0.2) is 17.0 Å². The lowest BCUT2D eigenvalue weighted by Gasteiger charge is -2.34. The van der Waals surface area contributed by atoms with Crippen molar-refractivity contribution in [1.29, 1.82) is 5.26 Å². The maximum atomic E-state index is 14.3. The summed E-state index contributed by atoms with van der Waals surface area (Å²) in [6.07, 6.45) is 0. The van der Waals surface area contributed by atoms with Crippen LogP contribution in [0, 0.1) is 24.2 Å². The van der Waals surface area contributed by atoms with Crippen molar-refractivity contribution < 1.29 is 9.53 Å². The number of nitriles is 1. The van der Waals surface area contributed by atoms with Gasteiger partial charge in [-0.05, 0) is 24.5 Å². The van der Waals surface area contributed by atoms with Crippen LogP contribution in [0.2, 0.25) is 0 Å². The molecule has 35 heavy (non-hydrogen) atoms. The molecule has 1 unspecified atom stereocenters. The van der Waals surface area contributed by atoms with Gasteiger partial charge in [0.25, 0.3) is 5.56 Å². The zero-order valence-electron chi connectivity index (χ0n) is 19.9. The molecule has 1 amide bonds. The highest BCUT2D eigenvalue weighted by atomic mass is 16.5. The third kappa shape index (κ3) is 3.17. The Morgan fingerprint density at radius 3 is 2.46 bits per heavy atom. The number of aromatic nitrogens is 1. The molecule has 1 aromatic heterocycles. The number of nitrogens with zero attached hydrogens (tertiary/aromatic N) is 3. The number of fused-ring (bicyclic) bond motifs is 4. The van der Waals surface area contributed by atoms with E-state index >= 15 is 0 Å². The minimum atomic E-state index is -1.67. The second kappa shape index (κ2) is 8.17. The number of para-hydroxylation sites is 1. The van der Waals surface area contributed by atoms with Crippen LogP contribution < -0.4 is 20.9 Å². The maximum absolute atomic E-state index is 14.3. The molecule has 3 heterocycles. The molecule has 2 N–H and O–H groups in total. The van der Waals surface area contributed by atoms with Crippen LogP contribution in [0.4, 0.5) is 5.69 Å². The molecule has 7 heteroatoms. The van der Waals surface area contributed by atoms with Crippen molar-refractivity contribution in [1.82, 2.24) is 4.57 Å². The second-order valence-electron chi connectivity index (χ2n) is 9.43. The Balaban J connectivity index is 1.85. The smallest absolute Gasteiger partial charge is 0.259 e. The molecule has 2 aliphatic heterocycles. The van der Waals surface area contributed by atoms with E-state index in [0.717, 1.165) is 5.56 Å². The predicted molar refractivity (Wildman–Crippen MR) is 133 cm³/mol. The zero-order valence-corrected chi connectivity index (χ0v) is 19.9. The summed E-state index contributed by atoms with van der Waals surface area (Å²) in [6.45, 7) is 6.61. The summed E-state index contributed by atoms with van der Waals surface area (Å²) in [4.78, 5) is 30.2.